The Balaban J connectivity index is 3.22. The van der Waals surface area contributed by atoms with Gasteiger partial charge in [-0.3, -0.25) is 4.79 Å². The van der Waals surface area contributed by atoms with Crippen molar-refractivity contribution in [3.8, 4) is 0 Å². The van der Waals surface area contributed by atoms with E-state index in [1.807, 2.05) is 0 Å². The molecule has 1 aromatic carbocycles. The monoisotopic (exact) mass is 309 g/mol. The maximum atomic E-state index is 11.6. The largest absolute Gasteiger partial charge is 0.324 e. The number of anilines is 1. The van der Waals surface area contributed by atoms with Crippen LogP contribution in [0.1, 0.15) is 19.4 Å². The standard InChI is InChI=1S/C11H13Cl2NO3S/c1-6(2)11(15)14-10-7(3)4-8(5-9(10)12)18(13,16)17/h4-6H,1-3H3,(H,14,15). The summed E-state index contributed by atoms with van der Waals surface area (Å²) in [5.74, 6) is -0.390. The van der Waals surface area contributed by atoms with Crippen LogP contribution in [0.2, 0.25) is 5.02 Å². The molecule has 0 saturated carbocycles. The van der Waals surface area contributed by atoms with E-state index in [4.69, 9.17) is 22.3 Å². The van der Waals surface area contributed by atoms with E-state index in [-0.39, 0.29) is 21.7 Å². The molecule has 0 aromatic heterocycles. The highest BCUT2D eigenvalue weighted by Gasteiger charge is 2.17. The van der Waals surface area contributed by atoms with Gasteiger partial charge in [0.15, 0.2) is 0 Å². The molecule has 0 aliphatic carbocycles. The van der Waals surface area contributed by atoms with Crippen molar-refractivity contribution in [3.05, 3.63) is 22.7 Å². The number of aryl methyl sites for hydroxylation is 1. The number of carbonyl (C=O) groups excluding carboxylic acids is 1. The lowest BCUT2D eigenvalue weighted by Crippen LogP contribution is -2.18. The van der Waals surface area contributed by atoms with E-state index in [9.17, 15) is 13.2 Å². The minimum Gasteiger partial charge on any atom is -0.324 e. The van der Waals surface area contributed by atoms with E-state index in [0.29, 0.717) is 11.3 Å². The molecule has 0 bridgehead atoms. The molecule has 4 nitrogen and oxygen atoms in total. The number of rotatable bonds is 3. The fourth-order valence-electron chi connectivity index (χ4n) is 1.28. The lowest BCUT2D eigenvalue weighted by Gasteiger charge is -2.13. The molecule has 0 spiro atoms. The SMILES string of the molecule is Cc1cc(S(=O)(=O)Cl)cc(Cl)c1NC(=O)C(C)C. The molecule has 0 fully saturated rings. The first-order chi connectivity index (χ1) is 8.12. The molecule has 7 heteroatoms. The van der Waals surface area contributed by atoms with Gasteiger partial charge in [-0.25, -0.2) is 8.42 Å². The number of amides is 1. The Kier molecular flexibility index (Phi) is 4.64. The molecule has 0 atom stereocenters. The van der Waals surface area contributed by atoms with Crippen LogP contribution in [0.5, 0.6) is 0 Å². The zero-order chi connectivity index (χ0) is 14.1. The van der Waals surface area contributed by atoms with Crippen molar-refractivity contribution < 1.29 is 13.2 Å². The summed E-state index contributed by atoms with van der Waals surface area (Å²) in [5, 5.41) is 2.79. The third kappa shape index (κ3) is 3.60. The number of benzene rings is 1. The minimum atomic E-state index is -3.83. The van der Waals surface area contributed by atoms with Crippen LogP contribution in [0.25, 0.3) is 0 Å². The van der Waals surface area contributed by atoms with Crippen molar-refractivity contribution in [1.82, 2.24) is 0 Å². The summed E-state index contributed by atoms with van der Waals surface area (Å²) in [6.07, 6.45) is 0. The molecular weight excluding hydrogens is 297 g/mol. The van der Waals surface area contributed by atoms with Crippen LogP contribution in [-0.2, 0) is 13.8 Å². The predicted octanol–water partition coefficient (Wildman–Crippen LogP) is 3.17. The Bertz CT molecular complexity index is 559. The van der Waals surface area contributed by atoms with Crippen LogP contribution in [0.15, 0.2) is 17.0 Å². The maximum Gasteiger partial charge on any atom is 0.261 e. The Morgan fingerprint density at radius 2 is 1.89 bits per heavy atom. The highest BCUT2D eigenvalue weighted by molar-refractivity contribution is 8.13. The first-order valence-electron chi connectivity index (χ1n) is 5.18. The van der Waals surface area contributed by atoms with Gasteiger partial charge in [0.25, 0.3) is 9.05 Å². The Morgan fingerprint density at radius 3 is 2.28 bits per heavy atom. The third-order valence-electron chi connectivity index (χ3n) is 2.32. The van der Waals surface area contributed by atoms with Crippen LogP contribution in [-0.4, -0.2) is 14.3 Å². The van der Waals surface area contributed by atoms with Crippen LogP contribution in [0.3, 0.4) is 0 Å². The summed E-state index contributed by atoms with van der Waals surface area (Å²) in [4.78, 5) is 11.5. The molecule has 1 N–H and O–H groups in total. The second-order valence-electron chi connectivity index (χ2n) is 4.18. The summed E-state index contributed by atoms with van der Waals surface area (Å²) >= 11 is 5.95. The lowest BCUT2D eigenvalue weighted by molar-refractivity contribution is -0.118. The van der Waals surface area contributed by atoms with Gasteiger partial charge in [0, 0.05) is 16.6 Å². The Labute approximate surface area is 116 Å². The van der Waals surface area contributed by atoms with Gasteiger partial charge in [-0.15, -0.1) is 0 Å². The summed E-state index contributed by atoms with van der Waals surface area (Å²) in [7, 11) is 1.40. The smallest absolute Gasteiger partial charge is 0.261 e. The zero-order valence-electron chi connectivity index (χ0n) is 10.1. The van der Waals surface area contributed by atoms with Gasteiger partial charge in [-0.2, -0.15) is 0 Å². The molecule has 0 aliphatic heterocycles. The number of hydrogen-bond donors (Lipinski definition) is 1. The second kappa shape index (κ2) is 5.47. The third-order valence-corrected chi connectivity index (χ3v) is 3.95. The zero-order valence-corrected chi connectivity index (χ0v) is 12.4. The molecule has 0 heterocycles. The quantitative estimate of drug-likeness (QED) is 0.872. The normalized spacial score (nSPS) is 11.7. The highest BCUT2D eigenvalue weighted by Crippen LogP contribution is 2.31. The second-order valence-corrected chi connectivity index (χ2v) is 7.15. The van der Waals surface area contributed by atoms with Gasteiger partial charge in [-0.1, -0.05) is 25.4 Å². The van der Waals surface area contributed by atoms with Crippen molar-refractivity contribution in [2.24, 2.45) is 5.92 Å². The predicted molar refractivity (Wildman–Crippen MR) is 72.7 cm³/mol. The Hall–Kier alpha value is -0.780. The van der Waals surface area contributed by atoms with Gasteiger partial charge in [0.2, 0.25) is 5.91 Å². The minimum absolute atomic E-state index is 0.0887. The fourth-order valence-corrected chi connectivity index (χ4v) is 2.50. The number of halogens is 2. The van der Waals surface area contributed by atoms with Crippen LogP contribution in [0.4, 0.5) is 5.69 Å². The molecule has 1 aromatic rings. The van der Waals surface area contributed by atoms with Gasteiger partial charge >= 0.3 is 0 Å². The van der Waals surface area contributed by atoms with E-state index < -0.39 is 9.05 Å². The molecule has 1 rings (SSSR count). The van der Waals surface area contributed by atoms with Crippen LogP contribution in [0, 0.1) is 12.8 Å². The first kappa shape index (κ1) is 15.3. The number of hydrogen-bond acceptors (Lipinski definition) is 3. The molecule has 0 aliphatic rings. The van der Waals surface area contributed by atoms with E-state index in [2.05, 4.69) is 5.32 Å². The lowest BCUT2D eigenvalue weighted by atomic mass is 10.1. The van der Waals surface area contributed by atoms with Gasteiger partial charge in [-0.05, 0) is 24.6 Å². The van der Waals surface area contributed by atoms with E-state index in [1.54, 1.807) is 20.8 Å². The summed E-state index contributed by atoms with van der Waals surface area (Å²) < 4.78 is 22.4. The van der Waals surface area contributed by atoms with Gasteiger partial charge in [0.05, 0.1) is 15.6 Å². The van der Waals surface area contributed by atoms with Crippen LogP contribution < -0.4 is 5.32 Å². The van der Waals surface area contributed by atoms with Crippen LogP contribution >= 0.6 is 22.3 Å². The molecular formula is C11H13Cl2NO3S. The van der Waals surface area contributed by atoms with E-state index >= 15 is 0 Å². The average molecular weight is 310 g/mol. The molecule has 0 saturated heterocycles. The highest BCUT2D eigenvalue weighted by atomic mass is 35.7. The van der Waals surface area contributed by atoms with Gasteiger partial charge < -0.3 is 5.32 Å². The van der Waals surface area contributed by atoms with Crippen molar-refractivity contribution in [2.45, 2.75) is 25.7 Å². The van der Waals surface area contributed by atoms with Crippen molar-refractivity contribution in [2.75, 3.05) is 5.32 Å². The van der Waals surface area contributed by atoms with E-state index in [1.165, 1.54) is 12.1 Å². The summed E-state index contributed by atoms with van der Waals surface area (Å²) in [5.41, 5.74) is 0.940. The average Bonchev–Trinajstić information content (AvgIpc) is 2.21. The molecule has 0 radical (unpaired) electrons. The van der Waals surface area contributed by atoms with Gasteiger partial charge in [0.1, 0.15) is 0 Å². The van der Waals surface area contributed by atoms with Crippen molar-refractivity contribution in [3.63, 3.8) is 0 Å². The first-order valence-corrected chi connectivity index (χ1v) is 7.87. The number of nitrogens with one attached hydrogen (secondary N) is 1. The van der Waals surface area contributed by atoms with E-state index in [0.717, 1.165) is 0 Å². The fraction of sp³-hybridized carbons (Fsp3) is 0.364. The molecule has 18 heavy (non-hydrogen) atoms. The topological polar surface area (TPSA) is 63.2 Å². The summed E-state index contributed by atoms with van der Waals surface area (Å²) in [6.45, 7) is 5.14. The molecule has 1 amide bonds. The summed E-state index contributed by atoms with van der Waals surface area (Å²) in [6, 6.07) is 2.58. The van der Waals surface area contributed by atoms with Crippen molar-refractivity contribution >= 4 is 42.9 Å². The molecule has 0 unspecified atom stereocenters. The number of carbonyl (C=O) groups is 1. The van der Waals surface area contributed by atoms with Crippen molar-refractivity contribution in [1.29, 1.82) is 0 Å². The maximum absolute atomic E-state index is 11.6. The Morgan fingerprint density at radius 1 is 1.33 bits per heavy atom. The molecule has 100 valence electrons.